The topological polar surface area (TPSA) is 146 Å². The lowest BCUT2D eigenvalue weighted by Crippen LogP contribution is -2.58. The molecule has 16 heteroatoms. The maximum atomic E-state index is 13.2. The first-order valence-corrected chi connectivity index (χ1v) is 13.1. The number of aromatic nitrogens is 3. The average molecular weight is 572 g/mol. The van der Waals surface area contributed by atoms with Crippen LogP contribution in [-0.4, -0.2) is 81.5 Å². The SMILES string of the molecule is CC(C)(O)C#Cc1ncc2sc(N3CCN(S(=O)(=O)c4ccc(OC(F)(F)F)cc4)[C@@H](C(=O)O)C3)nc2n1. The van der Waals surface area contributed by atoms with Gasteiger partial charge in [0.2, 0.25) is 15.8 Å². The van der Waals surface area contributed by atoms with Gasteiger partial charge in [-0.1, -0.05) is 17.3 Å². The largest absolute Gasteiger partial charge is 0.573 e. The minimum absolute atomic E-state index is 0.0941. The lowest BCUT2D eigenvalue weighted by Gasteiger charge is -2.38. The van der Waals surface area contributed by atoms with Crippen LogP contribution in [0.3, 0.4) is 0 Å². The Labute approximate surface area is 218 Å². The number of aliphatic carboxylic acids is 1. The van der Waals surface area contributed by atoms with Crippen molar-refractivity contribution in [3.63, 3.8) is 0 Å². The lowest BCUT2D eigenvalue weighted by atomic mass is 10.1. The standard InChI is InChI=1S/C22H20F3N5O6S2/c1-21(2,33)8-7-17-26-11-16-18(27-17)28-20(37-16)29-9-10-30(15(12-29)19(31)32)38(34,35)14-5-3-13(4-6-14)36-22(23,24)25/h3-6,11,15,33H,9-10,12H2,1-2H3,(H,31,32)/t15-/m1/s1. The van der Waals surface area contributed by atoms with Crippen molar-refractivity contribution >= 4 is 42.8 Å². The minimum Gasteiger partial charge on any atom is -0.480 e. The number of halogens is 3. The second kappa shape index (κ2) is 9.98. The van der Waals surface area contributed by atoms with Crippen LogP contribution in [0.5, 0.6) is 5.75 Å². The van der Waals surface area contributed by atoms with Crippen molar-refractivity contribution < 1.29 is 41.3 Å². The van der Waals surface area contributed by atoms with Gasteiger partial charge in [0.1, 0.15) is 17.4 Å². The Bertz CT molecular complexity index is 1530. The molecule has 0 amide bonds. The van der Waals surface area contributed by atoms with E-state index in [0.717, 1.165) is 28.6 Å². The van der Waals surface area contributed by atoms with Crippen molar-refractivity contribution in [1.29, 1.82) is 0 Å². The molecular weight excluding hydrogens is 551 g/mol. The van der Waals surface area contributed by atoms with E-state index in [2.05, 4.69) is 31.5 Å². The Kier molecular flexibility index (Phi) is 7.23. The van der Waals surface area contributed by atoms with E-state index in [9.17, 15) is 36.6 Å². The number of fused-ring (bicyclic) bond motifs is 1. The van der Waals surface area contributed by atoms with Gasteiger partial charge in [0, 0.05) is 19.6 Å². The van der Waals surface area contributed by atoms with Crippen molar-refractivity contribution in [2.24, 2.45) is 0 Å². The Morgan fingerprint density at radius 3 is 2.47 bits per heavy atom. The zero-order chi connectivity index (χ0) is 27.9. The van der Waals surface area contributed by atoms with Crippen LogP contribution in [0.15, 0.2) is 35.4 Å². The van der Waals surface area contributed by atoms with Crippen LogP contribution in [0, 0.1) is 11.8 Å². The van der Waals surface area contributed by atoms with E-state index in [1.807, 2.05) is 0 Å². The maximum Gasteiger partial charge on any atom is 0.573 e. The molecule has 1 aliphatic rings. The smallest absolute Gasteiger partial charge is 0.480 e. The number of alkyl halides is 3. The molecule has 3 heterocycles. The first-order chi connectivity index (χ1) is 17.6. The van der Waals surface area contributed by atoms with Gasteiger partial charge in [-0.3, -0.25) is 4.79 Å². The molecule has 3 aromatic rings. The zero-order valence-electron chi connectivity index (χ0n) is 19.8. The molecule has 11 nitrogen and oxygen atoms in total. The zero-order valence-corrected chi connectivity index (χ0v) is 21.4. The van der Waals surface area contributed by atoms with Gasteiger partial charge in [-0.2, -0.15) is 14.3 Å². The van der Waals surface area contributed by atoms with Crippen LogP contribution < -0.4 is 9.64 Å². The first-order valence-electron chi connectivity index (χ1n) is 10.9. The summed E-state index contributed by atoms with van der Waals surface area (Å²) in [4.78, 5) is 26.1. The number of rotatable bonds is 5. The molecule has 0 saturated carbocycles. The number of benzene rings is 1. The Morgan fingerprint density at radius 2 is 1.87 bits per heavy atom. The molecule has 202 valence electrons. The average Bonchev–Trinajstić information content (AvgIpc) is 3.25. The molecule has 0 unspecified atom stereocenters. The molecular formula is C22H20F3N5O6S2. The van der Waals surface area contributed by atoms with E-state index >= 15 is 0 Å². The fraction of sp³-hybridized carbons (Fsp3) is 0.364. The Morgan fingerprint density at radius 1 is 1.18 bits per heavy atom. The molecule has 1 aliphatic heterocycles. The van der Waals surface area contributed by atoms with Crippen molar-refractivity contribution in [2.75, 3.05) is 24.5 Å². The maximum absolute atomic E-state index is 13.2. The molecule has 2 N–H and O–H groups in total. The van der Waals surface area contributed by atoms with Crippen molar-refractivity contribution in [2.45, 2.75) is 36.7 Å². The summed E-state index contributed by atoms with van der Waals surface area (Å²) in [7, 11) is -4.36. The van der Waals surface area contributed by atoms with Crippen molar-refractivity contribution in [3.05, 3.63) is 36.3 Å². The van der Waals surface area contributed by atoms with E-state index in [1.165, 1.54) is 31.4 Å². The van der Waals surface area contributed by atoms with Gasteiger partial charge in [0.25, 0.3) is 0 Å². The highest BCUT2D eigenvalue weighted by atomic mass is 32.2. The van der Waals surface area contributed by atoms with E-state index in [0.29, 0.717) is 15.5 Å². The number of anilines is 1. The van der Waals surface area contributed by atoms with E-state index < -0.39 is 39.7 Å². The van der Waals surface area contributed by atoms with Crippen LogP contribution in [0.2, 0.25) is 0 Å². The van der Waals surface area contributed by atoms with Crippen LogP contribution in [-0.2, 0) is 14.8 Å². The predicted molar refractivity (Wildman–Crippen MR) is 129 cm³/mol. The molecule has 1 aromatic carbocycles. The molecule has 0 bridgehead atoms. The number of hydrogen-bond acceptors (Lipinski definition) is 10. The number of sulfonamides is 1. The number of carboxylic acid groups (broad SMARTS) is 1. The summed E-state index contributed by atoms with van der Waals surface area (Å²) in [6.45, 7) is 2.66. The minimum atomic E-state index is -4.94. The number of thiazole rings is 1. The van der Waals surface area contributed by atoms with E-state index in [-0.39, 0.29) is 30.4 Å². The lowest BCUT2D eigenvalue weighted by molar-refractivity contribution is -0.274. The first kappa shape index (κ1) is 27.5. The summed E-state index contributed by atoms with van der Waals surface area (Å²) in [6.07, 6.45) is -3.44. The molecule has 0 radical (unpaired) electrons. The third-order valence-electron chi connectivity index (χ3n) is 5.17. The number of hydrogen-bond donors (Lipinski definition) is 2. The highest BCUT2D eigenvalue weighted by Gasteiger charge is 2.41. The number of piperazine rings is 1. The molecule has 0 aliphatic carbocycles. The van der Waals surface area contributed by atoms with Crippen molar-refractivity contribution in [3.8, 4) is 17.6 Å². The fourth-order valence-electron chi connectivity index (χ4n) is 3.51. The number of nitrogens with zero attached hydrogens (tertiary/aromatic N) is 5. The molecule has 0 spiro atoms. The summed E-state index contributed by atoms with van der Waals surface area (Å²) in [6, 6.07) is 2.04. The third-order valence-corrected chi connectivity index (χ3v) is 8.13. The summed E-state index contributed by atoms with van der Waals surface area (Å²) in [5.41, 5.74) is -0.931. The van der Waals surface area contributed by atoms with Gasteiger partial charge >= 0.3 is 12.3 Å². The van der Waals surface area contributed by atoms with Crippen LogP contribution in [0.1, 0.15) is 19.7 Å². The van der Waals surface area contributed by atoms with E-state index in [1.54, 1.807) is 4.90 Å². The molecule has 4 rings (SSSR count). The number of aliphatic hydroxyl groups is 1. The van der Waals surface area contributed by atoms with E-state index in [4.69, 9.17) is 0 Å². The summed E-state index contributed by atoms with van der Waals surface area (Å²) in [5.74, 6) is 3.38. The Hall–Kier alpha value is -3.52. The van der Waals surface area contributed by atoms with Crippen LogP contribution >= 0.6 is 11.3 Å². The number of carboxylic acids is 1. The normalized spacial score (nSPS) is 17.2. The van der Waals surface area contributed by atoms with Gasteiger partial charge in [0.15, 0.2) is 10.8 Å². The van der Waals surface area contributed by atoms with Crippen LogP contribution in [0.4, 0.5) is 18.3 Å². The quantitative estimate of drug-likeness (QED) is 0.437. The van der Waals surface area contributed by atoms with Gasteiger partial charge < -0.3 is 19.8 Å². The molecule has 1 fully saturated rings. The number of ether oxygens (including phenoxy) is 1. The highest BCUT2D eigenvalue weighted by molar-refractivity contribution is 7.89. The summed E-state index contributed by atoms with van der Waals surface area (Å²) in [5, 5.41) is 20.0. The third kappa shape index (κ3) is 6.30. The molecule has 2 aromatic heterocycles. The summed E-state index contributed by atoms with van der Waals surface area (Å²) < 4.78 is 68.7. The second-order valence-electron chi connectivity index (χ2n) is 8.62. The van der Waals surface area contributed by atoms with Gasteiger partial charge in [-0.05, 0) is 44.0 Å². The molecule has 38 heavy (non-hydrogen) atoms. The second-order valence-corrected chi connectivity index (χ2v) is 11.5. The Balaban J connectivity index is 1.55. The van der Waals surface area contributed by atoms with Gasteiger partial charge in [0.05, 0.1) is 15.8 Å². The van der Waals surface area contributed by atoms with Crippen molar-refractivity contribution in [1.82, 2.24) is 19.3 Å². The summed E-state index contributed by atoms with van der Waals surface area (Å²) >= 11 is 1.19. The molecule has 1 atom stereocenters. The van der Waals surface area contributed by atoms with Gasteiger partial charge in [-0.15, -0.1) is 13.2 Å². The molecule has 1 saturated heterocycles. The van der Waals surface area contributed by atoms with Crippen LogP contribution in [0.25, 0.3) is 10.3 Å². The van der Waals surface area contributed by atoms with Gasteiger partial charge in [-0.25, -0.2) is 13.4 Å². The predicted octanol–water partition coefficient (Wildman–Crippen LogP) is 2.07. The highest BCUT2D eigenvalue weighted by Crippen LogP contribution is 2.31. The number of carbonyl (C=O) groups is 1. The monoisotopic (exact) mass is 571 g/mol. The fourth-order valence-corrected chi connectivity index (χ4v) is 5.98.